The summed E-state index contributed by atoms with van der Waals surface area (Å²) in [7, 11) is 1.59. The third kappa shape index (κ3) is 3.95. The number of allylic oxidation sites excluding steroid dienone is 1. The van der Waals surface area contributed by atoms with Crippen molar-refractivity contribution in [2.45, 2.75) is 19.4 Å². The lowest BCUT2D eigenvalue weighted by molar-refractivity contribution is 0.287. The van der Waals surface area contributed by atoms with Crippen molar-refractivity contribution >= 4 is 11.6 Å². The maximum Gasteiger partial charge on any atom is 0.165 e. The van der Waals surface area contributed by atoms with Gasteiger partial charge >= 0.3 is 0 Å². The fraction of sp³-hybridized carbons (Fsp3) is 0.385. The Morgan fingerprint density at radius 1 is 1.47 bits per heavy atom. The van der Waals surface area contributed by atoms with Gasteiger partial charge in [0.05, 0.1) is 13.7 Å². The molecular weight excluding hydrogens is 238 g/mol. The van der Waals surface area contributed by atoms with Crippen LogP contribution in [-0.2, 0) is 6.54 Å². The molecule has 0 heterocycles. The molecule has 0 saturated carbocycles. The summed E-state index contributed by atoms with van der Waals surface area (Å²) in [5.74, 6) is 1.31. The monoisotopic (exact) mass is 255 g/mol. The standard InChI is InChI=1S/C13H18ClNO2/c1-3-4-5-6-17-13-10(9-15)7-11(14)8-12(13)16-2/h3,7-8H,1,4-6,9,15H2,2H3. The highest BCUT2D eigenvalue weighted by molar-refractivity contribution is 6.30. The van der Waals surface area contributed by atoms with Crippen molar-refractivity contribution in [3.63, 3.8) is 0 Å². The first-order valence-electron chi connectivity index (χ1n) is 5.53. The SMILES string of the molecule is C=CCCCOc1c(CN)cc(Cl)cc1OC. The molecule has 0 atom stereocenters. The van der Waals surface area contributed by atoms with Crippen LogP contribution in [0.5, 0.6) is 11.5 Å². The molecule has 1 aromatic carbocycles. The lowest BCUT2D eigenvalue weighted by Gasteiger charge is -2.14. The first kappa shape index (κ1) is 13.9. The van der Waals surface area contributed by atoms with E-state index < -0.39 is 0 Å². The Bertz CT molecular complexity index is 355. The van der Waals surface area contributed by atoms with E-state index in [1.807, 2.05) is 6.08 Å². The van der Waals surface area contributed by atoms with Gasteiger partial charge in [-0.05, 0) is 18.9 Å². The molecule has 0 spiro atoms. The Labute approximate surface area is 107 Å². The average molecular weight is 256 g/mol. The molecule has 94 valence electrons. The number of unbranched alkanes of at least 4 members (excludes halogenated alkanes) is 1. The molecule has 0 aliphatic heterocycles. The molecule has 2 N–H and O–H groups in total. The van der Waals surface area contributed by atoms with Crippen molar-refractivity contribution in [3.05, 3.63) is 35.4 Å². The number of rotatable bonds is 7. The maximum atomic E-state index is 5.96. The number of hydrogen-bond acceptors (Lipinski definition) is 3. The predicted octanol–water partition coefficient (Wildman–Crippen LogP) is 3.15. The van der Waals surface area contributed by atoms with Crippen LogP contribution in [-0.4, -0.2) is 13.7 Å². The van der Waals surface area contributed by atoms with Gasteiger partial charge in [0.2, 0.25) is 0 Å². The summed E-state index contributed by atoms with van der Waals surface area (Å²) >= 11 is 5.96. The van der Waals surface area contributed by atoms with E-state index >= 15 is 0 Å². The molecule has 3 nitrogen and oxygen atoms in total. The minimum atomic E-state index is 0.369. The molecule has 0 fully saturated rings. The second-order valence-corrected chi connectivity index (χ2v) is 4.02. The number of hydrogen-bond donors (Lipinski definition) is 1. The van der Waals surface area contributed by atoms with Gasteiger partial charge in [-0.2, -0.15) is 0 Å². The van der Waals surface area contributed by atoms with Gasteiger partial charge in [0, 0.05) is 23.2 Å². The Hall–Kier alpha value is -1.19. The maximum absolute atomic E-state index is 5.96. The highest BCUT2D eigenvalue weighted by Crippen LogP contribution is 2.34. The first-order chi connectivity index (χ1) is 8.22. The van der Waals surface area contributed by atoms with Gasteiger partial charge in [0.15, 0.2) is 11.5 Å². The number of methoxy groups -OCH3 is 1. The number of benzene rings is 1. The van der Waals surface area contributed by atoms with Crippen LogP contribution >= 0.6 is 11.6 Å². The summed E-state index contributed by atoms with van der Waals surface area (Å²) in [6.45, 7) is 4.64. The molecule has 1 aromatic rings. The van der Waals surface area contributed by atoms with Crippen LogP contribution in [0.4, 0.5) is 0 Å². The Kier molecular flexibility index (Phi) is 5.87. The Morgan fingerprint density at radius 2 is 2.24 bits per heavy atom. The lowest BCUT2D eigenvalue weighted by Crippen LogP contribution is -2.05. The van der Waals surface area contributed by atoms with Gasteiger partial charge in [0.1, 0.15) is 0 Å². The minimum Gasteiger partial charge on any atom is -0.493 e. The van der Waals surface area contributed by atoms with Crippen LogP contribution in [0.2, 0.25) is 5.02 Å². The summed E-state index contributed by atoms with van der Waals surface area (Å²) in [4.78, 5) is 0. The summed E-state index contributed by atoms with van der Waals surface area (Å²) in [6.07, 6.45) is 3.71. The van der Waals surface area contributed by atoms with Crippen LogP contribution in [0.1, 0.15) is 18.4 Å². The van der Waals surface area contributed by atoms with Crippen molar-refractivity contribution in [2.75, 3.05) is 13.7 Å². The molecule has 1 rings (SSSR count). The van der Waals surface area contributed by atoms with Crippen molar-refractivity contribution in [2.24, 2.45) is 5.73 Å². The molecule has 0 aliphatic rings. The largest absolute Gasteiger partial charge is 0.493 e. The van der Waals surface area contributed by atoms with Gasteiger partial charge in [0.25, 0.3) is 0 Å². The normalized spacial score (nSPS) is 10.1. The topological polar surface area (TPSA) is 44.5 Å². The Morgan fingerprint density at radius 3 is 2.82 bits per heavy atom. The lowest BCUT2D eigenvalue weighted by atomic mass is 10.2. The molecule has 0 aliphatic carbocycles. The van der Waals surface area contributed by atoms with Gasteiger partial charge in [-0.25, -0.2) is 0 Å². The van der Waals surface area contributed by atoms with Crippen LogP contribution < -0.4 is 15.2 Å². The van der Waals surface area contributed by atoms with Gasteiger partial charge in [-0.1, -0.05) is 17.7 Å². The van der Waals surface area contributed by atoms with Crippen LogP contribution in [0.25, 0.3) is 0 Å². The van der Waals surface area contributed by atoms with E-state index in [1.54, 1.807) is 19.2 Å². The molecule has 4 heteroatoms. The van der Waals surface area contributed by atoms with E-state index in [1.165, 1.54) is 0 Å². The molecular formula is C13H18ClNO2. The van der Waals surface area contributed by atoms with E-state index in [2.05, 4.69) is 6.58 Å². The second kappa shape index (κ2) is 7.20. The fourth-order valence-corrected chi connectivity index (χ4v) is 1.72. The van der Waals surface area contributed by atoms with E-state index in [-0.39, 0.29) is 0 Å². The van der Waals surface area contributed by atoms with E-state index in [0.717, 1.165) is 18.4 Å². The highest BCUT2D eigenvalue weighted by Gasteiger charge is 2.11. The zero-order chi connectivity index (χ0) is 12.7. The quantitative estimate of drug-likeness (QED) is 0.601. The van der Waals surface area contributed by atoms with Crippen molar-refractivity contribution < 1.29 is 9.47 Å². The number of nitrogens with two attached hydrogens (primary N) is 1. The average Bonchev–Trinajstić information content (AvgIpc) is 2.35. The van der Waals surface area contributed by atoms with E-state index in [9.17, 15) is 0 Å². The van der Waals surface area contributed by atoms with Gasteiger partial charge < -0.3 is 15.2 Å². The number of halogens is 1. The number of ether oxygens (including phenoxy) is 2. The van der Waals surface area contributed by atoms with Crippen LogP contribution in [0, 0.1) is 0 Å². The smallest absolute Gasteiger partial charge is 0.165 e. The molecule has 0 amide bonds. The molecule has 0 unspecified atom stereocenters. The van der Waals surface area contributed by atoms with Gasteiger partial charge in [-0.3, -0.25) is 0 Å². The predicted molar refractivity (Wildman–Crippen MR) is 70.8 cm³/mol. The molecule has 0 aromatic heterocycles. The minimum absolute atomic E-state index is 0.369. The third-order valence-corrected chi connectivity index (χ3v) is 2.55. The van der Waals surface area contributed by atoms with Crippen molar-refractivity contribution in [1.82, 2.24) is 0 Å². The molecule has 17 heavy (non-hydrogen) atoms. The molecule has 0 radical (unpaired) electrons. The van der Waals surface area contributed by atoms with Crippen molar-refractivity contribution in [1.29, 1.82) is 0 Å². The van der Waals surface area contributed by atoms with Crippen LogP contribution in [0.3, 0.4) is 0 Å². The summed E-state index contributed by atoms with van der Waals surface area (Å²) < 4.78 is 10.9. The molecule has 0 bridgehead atoms. The Balaban J connectivity index is 2.83. The zero-order valence-electron chi connectivity index (χ0n) is 10.0. The van der Waals surface area contributed by atoms with Crippen molar-refractivity contribution in [3.8, 4) is 11.5 Å². The van der Waals surface area contributed by atoms with E-state index in [4.69, 9.17) is 26.8 Å². The van der Waals surface area contributed by atoms with E-state index in [0.29, 0.717) is 29.7 Å². The summed E-state index contributed by atoms with van der Waals surface area (Å²) in [6, 6.07) is 3.52. The summed E-state index contributed by atoms with van der Waals surface area (Å²) in [5, 5.41) is 0.598. The fourth-order valence-electron chi connectivity index (χ4n) is 1.49. The molecule has 0 saturated heterocycles. The highest BCUT2D eigenvalue weighted by atomic mass is 35.5. The third-order valence-electron chi connectivity index (χ3n) is 2.34. The first-order valence-corrected chi connectivity index (χ1v) is 5.91. The zero-order valence-corrected chi connectivity index (χ0v) is 10.8. The van der Waals surface area contributed by atoms with Gasteiger partial charge in [-0.15, -0.1) is 6.58 Å². The van der Waals surface area contributed by atoms with Crippen LogP contribution in [0.15, 0.2) is 24.8 Å². The second-order valence-electron chi connectivity index (χ2n) is 3.58. The summed E-state index contributed by atoms with van der Waals surface area (Å²) in [5.41, 5.74) is 6.52.